The van der Waals surface area contributed by atoms with Gasteiger partial charge < -0.3 is 14.7 Å². The molecule has 0 bridgehead atoms. The average molecular weight is 371 g/mol. The third-order valence-electron chi connectivity index (χ3n) is 4.17. The van der Waals surface area contributed by atoms with Crippen molar-refractivity contribution < 1.29 is 19.4 Å². The van der Waals surface area contributed by atoms with E-state index in [0.717, 1.165) is 33.4 Å². The summed E-state index contributed by atoms with van der Waals surface area (Å²) in [5, 5.41) is 9.89. The zero-order valence-corrected chi connectivity index (χ0v) is 15.3. The van der Waals surface area contributed by atoms with Crippen LogP contribution in [0.5, 0.6) is 5.75 Å². The topological polar surface area (TPSA) is 92.6 Å². The SMILES string of the molecule is Cc1cc(-c2cnsc2)nc2cc3c(cc12)N(C)C(=O)C(C)O3.O=CO. The third-order valence-corrected chi connectivity index (χ3v) is 4.75. The van der Waals surface area contributed by atoms with Crippen molar-refractivity contribution in [1.82, 2.24) is 9.36 Å². The number of likely N-dealkylation sites (N-methyl/N-ethyl adjacent to an activating group) is 1. The highest BCUT2D eigenvalue weighted by atomic mass is 32.1. The maximum absolute atomic E-state index is 12.1. The Morgan fingerprint density at radius 2 is 2.08 bits per heavy atom. The van der Waals surface area contributed by atoms with E-state index in [0.29, 0.717) is 5.75 Å². The number of amides is 1. The first-order chi connectivity index (χ1) is 12.5. The lowest BCUT2D eigenvalue weighted by Crippen LogP contribution is -2.41. The van der Waals surface area contributed by atoms with Crippen molar-refractivity contribution in [2.24, 2.45) is 0 Å². The van der Waals surface area contributed by atoms with Crippen LogP contribution in [0.2, 0.25) is 0 Å². The van der Waals surface area contributed by atoms with Gasteiger partial charge in [0.25, 0.3) is 12.4 Å². The van der Waals surface area contributed by atoms with E-state index in [4.69, 9.17) is 19.6 Å². The molecule has 8 heteroatoms. The van der Waals surface area contributed by atoms with Gasteiger partial charge in [-0.25, -0.2) is 9.36 Å². The van der Waals surface area contributed by atoms with E-state index in [9.17, 15) is 4.79 Å². The van der Waals surface area contributed by atoms with Gasteiger partial charge in [0.1, 0.15) is 5.75 Å². The van der Waals surface area contributed by atoms with Crippen molar-refractivity contribution in [3.8, 4) is 17.0 Å². The molecule has 0 spiro atoms. The third kappa shape index (κ3) is 3.11. The van der Waals surface area contributed by atoms with Crippen LogP contribution in [0.1, 0.15) is 12.5 Å². The number of fused-ring (bicyclic) bond motifs is 2. The molecule has 0 saturated heterocycles. The van der Waals surface area contributed by atoms with E-state index < -0.39 is 6.10 Å². The number of carbonyl (C=O) groups is 2. The monoisotopic (exact) mass is 371 g/mol. The minimum atomic E-state index is -0.477. The summed E-state index contributed by atoms with van der Waals surface area (Å²) in [5.41, 5.74) is 4.67. The van der Waals surface area contributed by atoms with Crippen LogP contribution in [0.4, 0.5) is 5.69 Å². The van der Waals surface area contributed by atoms with Gasteiger partial charge in [-0.15, -0.1) is 0 Å². The first-order valence-electron chi connectivity index (χ1n) is 7.83. The molecule has 1 atom stereocenters. The standard InChI is InChI=1S/C17H15N3O2S.CH2O2/c1-9-4-13(11-7-18-23-8-11)19-14-6-16-15(5-12(9)14)20(3)17(21)10(2)22-16;2-1-3/h4-8,10H,1-3H3;1H,(H,2,3). The Morgan fingerprint density at radius 3 is 2.73 bits per heavy atom. The van der Waals surface area contributed by atoms with E-state index in [1.807, 2.05) is 36.7 Å². The second kappa shape index (κ2) is 7.09. The van der Waals surface area contributed by atoms with Crippen LogP contribution in [0.15, 0.2) is 29.8 Å². The highest BCUT2D eigenvalue weighted by Gasteiger charge is 2.29. The van der Waals surface area contributed by atoms with Gasteiger partial charge in [0.15, 0.2) is 6.10 Å². The number of aromatic nitrogens is 2. The lowest BCUT2D eigenvalue weighted by molar-refractivity contribution is -0.125. The second-order valence-electron chi connectivity index (χ2n) is 5.84. The van der Waals surface area contributed by atoms with Gasteiger partial charge in [0.05, 0.1) is 23.1 Å². The number of carbonyl (C=O) groups excluding carboxylic acids is 1. The van der Waals surface area contributed by atoms with Crippen molar-refractivity contribution in [3.63, 3.8) is 0 Å². The highest BCUT2D eigenvalue weighted by molar-refractivity contribution is 7.03. The van der Waals surface area contributed by atoms with Gasteiger partial charge in [0.2, 0.25) is 0 Å². The van der Waals surface area contributed by atoms with Crippen molar-refractivity contribution in [2.75, 3.05) is 11.9 Å². The number of benzene rings is 1. The van der Waals surface area contributed by atoms with Crippen molar-refractivity contribution in [1.29, 1.82) is 0 Å². The molecule has 0 saturated carbocycles. The lowest BCUT2D eigenvalue weighted by atomic mass is 10.0. The van der Waals surface area contributed by atoms with Crippen LogP contribution < -0.4 is 9.64 Å². The summed E-state index contributed by atoms with van der Waals surface area (Å²) in [6.45, 7) is 3.56. The maximum atomic E-state index is 12.1. The van der Waals surface area contributed by atoms with Crippen LogP contribution in [-0.2, 0) is 9.59 Å². The summed E-state index contributed by atoms with van der Waals surface area (Å²) in [7, 11) is 1.78. The molecular formula is C18H17N3O4S. The van der Waals surface area contributed by atoms with Crippen LogP contribution in [-0.4, -0.2) is 40.0 Å². The molecule has 1 aliphatic heterocycles. The fourth-order valence-corrected chi connectivity index (χ4v) is 3.41. The van der Waals surface area contributed by atoms with Gasteiger partial charge in [-0.3, -0.25) is 9.59 Å². The summed E-state index contributed by atoms with van der Waals surface area (Å²) in [6.07, 6.45) is 1.34. The van der Waals surface area contributed by atoms with Crippen molar-refractivity contribution >= 4 is 40.5 Å². The Hall–Kier alpha value is -3.00. The number of nitrogens with zero attached hydrogens (tertiary/aromatic N) is 3. The molecule has 0 fully saturated rings. The molecule has 1 aromatic carbocycles. The summed E-state index contributed by atoms with van der Waals surface area (Å²) in [5.74, 6) is 0.656. The fraction of sp³-hybridized carbons (Fsp3) is 0.222. The van der Waals surface area contributed by atoms with Crippen LogP contribution >= 0.6 is 11.5 Å². The Morgan fingerprint density at radius 1 is 1.35 bits per heavy atom. The van der Waals surface area contributed by atoms with Gasteiger partial charge >= 0.3 is 0 Å². The van der Waals surface area contributed by atoms with E-state index in [-0.39, 0.29) is 12.4 Å². The molecule has 1 amide bonds. The largest absolute Gasteiger partial charge is 0.483 e. The highest BCUT2D eigenvalue weighted by Crippen LogP contribution is 2.38. The number of pyridine rings is 1. The number of aryl methyl sites for hydroxylation is 1. The summed E-state index contributed by atoms with van der Waals surface area (Å²) in [6, 6.07) is 5.94. The molecule has 3 heterocycles. The van der Waals surface area contributed by atoms with Gasteiger partial charge in [-0.2, -0.15) is 0 Å². The Balaban J connectivity index is 0.000000613. The smallest absolute Gasteiger partial charge is 0.290 e. The molecule has 1 N–H and O–H groups in total. The molecule has 1 unspecified atom stereocenters. The average Bonchev–Trinajstić information content (AvgIpc) is 3.14. The summed E-state index contributed by atoms with van der Waals surface area (Å²) >= 11 is 1.41. The number of hydrogen-bond acceptors (Lipinski definition) is 6. The van der Waals surface area contributed by atoms with E-state index in [2.05, 4.69) is 4.37 Å². The number of carboxylic acid groups (broad SMARTS) is 1. The Bertz CT molecular complexity index is 972. The predicted octanol–water partition coefficient (Wildman–Crippen LogP) is 3.11. The van der Waals surface area contributed by atoms with Crippen LogP contribution in [0, 0.1) is 6.92 Å². The number of ether oxygens (including phenoxy) is 1. The van der Waals surface area contributed by atoms with Crippen LogP contribution in [0.25, 0.3) is 22.2 Å². The molecule has 0 aliphatic carbocycles. The van der Waals surface area contributed by atoms with Crippen molar-refractivity contribution in [3.05, 3.63) is 35.3 Å². The van der Waals surface area contributed by atoms with Crippen molar-refractivity contribution in [2.45, 2.75) is 20.0 Å². The molecule has 7 nitrogen and oxygen atoms in total. The molecule has 0 radical (unpaired) electrons. The van der Waals surface area contributed by atoms with Gasteiger partial charge in [0, 0.05) is 29.4 Å². The minimum absolute atomic E-state index is 0.0385. The Labute approximate surface area is 154 Å². The number of anilines is 1. The van der Waals surface area contributed by atoms with E-state index in [1.165, 1.54) is 11.5 Å². The lowest BCUT2D eigenvalue weighted by Gasteiger charge is -2.30. The Kier molecular flexibility index (Phi) is 4.85. The van der Waals surface area contributed by atoms with Gasteiger partial charge in [-0.05, 0) is 43.1 Å². The van der Waals surface area contributed by atoms with E-state index in [1.54, 1.807) is 18.9 Å². The maximum Gasteiger partial charge on any atom is 0.290 e. The number of rotatable bonds is 1. The summed E-state index contributed by atoms with van der Waals surface area (Å²) in [4.78, 5) is 26.8. The first-order valence-corrected chi connectivity index (χ1v) is 8.67. The number of hydrogen-bond donors (Lipinski definition) is 1. The molecule has 3 aromatic rings. The molecule has 1 aliphatic rings. The van der Waals surface area contributed by atoms with Gasteiger partial charge in [-0.1, -0.05) is 0 Å². The normalized spacial score (nSPS) is 15.7. The predicted molar refractivity (Wildman–Crippen MR) is 99.8 cm³/mol. The molecule has 26 heavy (non-hydrogen) atoms. The second-order valence-corrected chi connectivity index (χ2v) is 6.49. The fourth-order valence-electron chi connectivity index (χ4n) is 2.88. The zero-order valence-electron chi connectivity index (χ0n) is 14.5. The minimum Gasteiger partial charge on any atom is -0.483 e. The molecule has 2 aromatic heterocycles. The molecule has 134 valence electrons. The van der Waals surface area contributed by atoms with Crippen LogP contribution in [0.3, 0.4) is 0 Å². The zero-order chi connectivity index (χ0) is 18.8. The molecule has 4 rings (SSSR count). The summed E-state index contributed by atoms with van der Waals surface area (Å²) < 4.78 is 9.89. The van der Waals surface area contributed by atoms with E-state index >= 15 is 0 Å². The first kappa shape index (κ1) is 17.8. The molecular weight excluding hydrogens is 354 g/mol. The quantitative estimate of drug-likeness (QED) is 0.661.